The Kier molecular flexibility index (Phi) is 5.93. The van der Waals surface area contributed by atoms with Crippen molar-refractivity contribution in [3.8, 4) is 0 Å². The van der Waals surface area contributed by atoms with Gasteiger partial charge in [0.25, 0.3) is 0 Å². The lowest BCUT2D eigenvalue weighted by atomic mass is 10.1. The predicted octanol–water partition coefficient (Wildman–Crippen LogP) is 1.42. The number of hydrogen-bond donors (Lipinski definition) is 2. The van der Waals surface area contributed by atoms with Crippen LogP contribution in [0, 0.1) is 0 Å². The summed E-state index contributed by atoms with van der Waals surface area (Å²) in [6, 6.07) is 6.42. The van der Waals surface area contributed by atoms with E-state index in [9.17, 15) is 13.2 Å². The van der Waals surface area contributed by atoms with Crippen LogP contribution in [0.3, 0.4) is 0 Å². The van der Waals surface area contributed by atoms with E-state index in [1.807, 2.05) is 0 Å². The minimum atomic E-state index is -3.34. The van der Waals surface area contributed by atoms with E-state index < -0.39 is 16.0 Å². The monoisotopic (exact) mass is 327 g/mol. The minimum Gasteiger partial charge on any atom is -0.478 e. The molecule has 1 aliphatic heterocycles. The molecule has 1 atom stereocenters. The Morgan fingerprint density at radius 3 is 2.59 bits per heavy atom. The number of carbonyl (C=O) groups is 1. The van der Waals surface area contributed by atoms with Crippen molar-refractivity contribution in [2.75, 3.05) is 18.9 Å². The summed E-state index contributed by atoms with van der Waals surface area (Å²) in [5.74, 6) is -0.968. The van der Waals surface area contributed by atoms with Gasteiger partial charge in [0.1, 0.15) is 0 Å². The zero-order chi connectivity index (χ0) is 16.0. The Hall–Kier alpha value is -1.44. The van der Waals surface area contributed by atoms with Gasteiger partial charge in [-0.05, 0) is 43.4 Å². The van der Waals surface area contributed by atoms with Gasteiger partial charge in [-0.2, -0.15) is 0 Å². The maximum atomic E-state index is 12.0. The average molecular weight is 327 g/mol. The van der Waals surface area contributed by atoms with Gasteiger partial charge in [-0.1, -0.05) is 12.1 Å². The summed E-state index contributed by atoms with van der Waals surface area (Å²) in [6.07, 6.45) is 3.11. The topological polar surface area (TPSA) is 92.7 Å². The minimum absolute atomic E-state index is 0.00491. The van der Waals surface area contributed by atoms with E-state index in [2.05, 4.69) is 4.72 Å². The maximum Gasteiger partial charge on any atom is 0.335 e. The Morgan fingerprint density at radius 2 is 2.00 bits per heavy atom. The Morgan fingerprint density at radius 1 is 1.27 bits per heavy atom. The van der Waals surface area contributed by atoms with Crippen LogP contribution in [0.25, 0.3) is 0 Å². The molecule has 0 radical (unpaired) electrons. The molecule has 6 nitrogen and oxygen atoms in total. The summed E-state index contributed by atoms with van der Waals surface area (Å²) in [5.41, 5.74) is 1.11. The van der Waals surface area contributed by atoms with E-state index in [-0.39, 0.29) is 17.4 Å². The van der Waals surface area contributed by atoms with Crippen molar-refractivity contribution in [1.29, 1.82) is 0 Å². The number of carboxylic acid groups (broad SMARTS) is 1. The molecular weight excluding hydrogens is 306 g/mol. The van der Waals surface area contributed by atoms with Crippen molar-refractivity contribution in [3.63, 3.8) is 0 Å². The number of rotatable bonds is 7. The molecule has 0 saturated carbocycles. The lowest BCUT2D eigenvalue weighted by molar-refractivity contribution is 0.0304. The maximum absolute atomic E-state index is 12.0. The molecular formula is C15H21NO5S. The summed E-state index contributed by atoms with van der Waals surface area (Å²) in [6.45, 7) is 0.928. The summed E-state index contributed by atoms with van der Waals surface area (Å²) >= 11 is 0. The highest BCUT2D eigenvalue weighted by atomic mass is 32.2. The molecule has 2 rings (SSSR count). The highest BCUT2D eigenvalue weighted by molar-refractivity contribution is 7.89. The van der Waals surface area contributed by atoms with Crippen molar-refractivity contribution >= 4 is 16.0 Å². The van der Waals surface area contributed by atoms with Crippen LogP contribution in [0.2, 0.25) is 0 Å². The number of sulfonamides is 1. The highest BCUT2D eigenvalue weighted by Gasteiger charge is 2.21. The second-order valence-corrected chi connectivity index (χ2v) is 7.27. The zero-order valence-corrected chi connectivity index (χ0v) is 13.1. The second kappa shape index (κ2) is 7.71. The molecule has 122 valence electrons. The molecule has 1 heterocycles. The third kappa shape index (κ3) is 5.40. The van der Waals surface area contributed by atoms with Gasteiger partial charge < -0.3 is 9.84 Å². The quantitative estimate of drug-likeness (QED) is 0.790. The van der Waals surface area contributed by atoms with Gasteiger partial charge in [0.2, 0.25) is 10.0 Å². The lowest BCUT2D eigenvalue weighted by Gasteiger charge is -2.22. The van der Waals surface area contributed by atoms with E-state index in [4.69, 9.17) is 9.84 Å². The van der Waals surface area contributed by atoms with Crippen molar-refractivity contribution in [2.24, 2.45) is 0 Å². The summed E-state index contributed by atoms with van der Waals surface area (Å²) in [7, 11) is -3.34. The first kappa shape index (κ1) is 16.9. The molecule has 0 amide bonds. The van der Waals surface area contributed by atoms with Crippen LogP contribution in [-0.4, -0.2) is 44.5 Å². The van der Waals surface area contributed by atoms with Crippen LogP contribution in [-0.2, 0) is 21.2 Å². The van der Waals surface area contributed by atoms with Crippen molar-refractivity contribution in [1.82, 2.24) is 4.72 Å². The highest BCUT2D eigenvalue weighted by Crippen LogP contribution is 2.14. The summed E-state index contributed by atoms with van der Waals surface area (Å²) in [5, 5.41) is 8.81. The van der Waals surface area contributed by atoms with Crippen molar-refractivity contribution in [2.45, 2.75) is 31.8 Å². The normalized spacial score (nSPS) is 19.0. The zero-order valence-electron chi connectivity index (χ0n) is 12.3. The molecule has 2 N–H and O–H groups in total. The largest absolute Gasteiger partial charge is 0.478 e. The van der Waals surface area contributed by atoms with E-state index in [1.165, 1.54) is 12.1 Å². The molecule has 7 heteroatoms. The second-order valence-electron chi connectivity index (χ2n) is 5.42. The van der Waals surface area contributed by atoms with E-state index >= 15 is 0 Å². The molecule has 0 spiro atoms. The summed E-state index contributed by atoms with van der Waals surface area (Å²) < 4.78 is 31.9. The van der Waals surface area contributed by atoms with Gasteiger partial charge in [0.05, 0.1) is 17.4 Å². The van der Waals surface area contributed by atoms with Gasteiger partial charge in [-0.25, -0.2) is 17.9 Å². The Bertz CT molecular complexity index is 591. The van der Waals surface area contributed by atoms with Crippen LogP contribution in [0.4, 0.5) is 0 Å². The van der Waals surface area contributed by atoms with E-state index in [0.29, 0.717) is 19.6 Å². The predicted molar refractivity (Wildman–Crippen MR) is 82.5 cm³/mol. The molecule has 0 aliphatic carbocycles. The third-order valence-corrected chi connectivity index (χ3v) is 5.07. The van der Waals surface area contributed by atoms with Crippen LogP contribution < -0.4 is 4.72 Å². The molecule has 1 fully saturated rings. The van der Waals surface area contributed by atoms with Gasteiger partial charge in [-0.15, -0.1) is 0 Å². The number of benzene rings is 1. The smallest absolute Gasteiger partial charge is 0.335 e. The number of ether oxygens (including phenoxy) is 1. The van der Waals surface area contributed by atoms with E-state index in [0.717, 1.165) is 24.8 Å². The number of hydrogen-bond acceptors (Lipinski definition) is 4. The third-order valence-electron chi connectivity index (χ3n) is 3.62. The van der Waals surface area contributed by atoms with Crippen molar-refractivity contribution < 1.29 is 23.1 Å². The van der Waals surface area contributed by atoms with Gasteiger partial charge in [0, 0.05) is 13.2 Å². The van der Waals surface area contributed by atoms with Gasteiger partial charge in [0.15, 0.2) is 0 Å². The molecule has 0 aromatic heterocycles. The fraction of sp³-hybridized carbons (Fsp3) is 0.533. The summed E-state index contributed by atoms with van der Waals surface area (Å²) in [4.78, 5) is 10.7. The molecule has 1 unspecified atom stereocenters. The fourth-order valence-electron chi connectivity index (χ4n) is 2.41. The average Bonchev–Trinajstić information content (AvgIpc) is 2.48. The molecule has 1 aromatic rings. The Balaban J connectivity index is 1.78. The molecule has 1 saturated heterocycles. The van der Waals surface area contributed by atoms with Crippen LogP contribution in [0.1, 0.15) is 35.2 Å². The first-order valence-corrected chi connectivity index (χ1v) is 9.03. The molecule has 1 aliphatic rings. The standard InChI is InChI=1S/C15H21NO5S/c17-15(18)13-6-4-12(5-7-13)8-9-16-22(19,20)11-14-3-1-2-10-21-14/h4-7,14,16H,1-3,8-11H2,(H,17,18). The Labute approximate surface area is 130 Å². The van der Waals surface area contributed by atoms with Gasteiger partial charge >= 0.3 is 5.97 Å². The van der Waals surface area contributed by atoms with Gasteiger partial charge in [-0.3, -0.25) is 0 Å². The van der Waals surface area contributed by atoms with Crippen LogP contribution in [0.5, 0.6) is 0 Å². The molecule has 22 heavy (non-hydrogen) atoms. The number of aromatic carboxylic acids is 1. The first-order chi connectivity index (χ1) is 10.5. The fourth-order valence-corrected chi connectivity index (χ4v) is 3.69. The number of nitrogens with one attached hydrogen (secondary N) is 1. The van der Waals surface area contributed by atoms with E-state index in [1.54, 1.807) is 12.1 Å². The molecule has 0 bridgehead atoms. The SMILES string of the molecule is O=C(O)c1ccc(CCNS(=O)(=O)CC2CCCCO2)cc1. The van der Waals surface area contributed by atoms with Crippen LogP contribution in [0.15, 0.2) is 24.3 Å². The molecule has 1 aromatic carbocycles. The lowest BCUT2D eigenvalue weighted by Crippen LogP contribution is -2.35. The number of carboxylic acids is 1. The van der Waals surface area contributed by atoms with Crippen molar-refractivity contribution in [3.05, 3.63) is 35.4 Å². The first-order valence-electron chi connectivity index (χ1n) is 7.37. The van der Waals surface area contributed by atoms with Crippen LogP contribution >= 0.6 is 0 Å².